The summed E-state index contributed by atoms with van der Waals surface area (Å²) in [6.45, 7) is 3.88. The first-order valence-electron chi connectivity index (χ1n) is 10.5. The van der Waals surface area contributed by atoms with Crippen LogP contribution in [-0.4, -0.2) is 28.2 Å². The van der Waals surface area contributed by atoms with Gasteiger partial charge in [-0.05, 0) is 55.3 Å². The Morgan fingerprint density at radius 1 is 0.971 bits per heavy atom. The Morgan fingerprint density at radius 3 is 2.32 bits per heavy atom. The first kappa shape index (κ1) is 22.0. The molecule has 0 bridgehead atoms. The van der Waals surface area contributed by atoms with Crippen molar-refractivity contribution in [3.05, 3.63) is 70.0 Å². The van der Waals surface area contributed by atoms with Crippen molar-refractivity contribution in [2.24, 2.45) is 0 Å². The molecule has 0 fully saturated rings. The highest BCUT2D eigenvalue weighted by Gasteiger charge is 2.22. The number of nitrogens with zero attached hydrogens (tertiary/aromatic N) is 3. The summed E-state index contributed by atoms with van der Waals surface area (Å²) in [5.74, 6) is 0.451. The lowest BCUT2D eigenvalue weighted by Gasteiger charge is -2.10. The number of thiophene rings is 1. The molecule has 3 N–H and O–H groups in total. The number of fused-ring (bicyclic) bond motifs is 1. The highest BCUT2D eigenvalue weighted by Crippen LogP contribution is 2.41. The van der Waals surface area contributed by atoms with E-state index in [-0.39, 0.29) is 5.91 Å². The first-order valence-corrected chi connectivity index (χ1v) is 12.1. The van der Waals surface area contributed by atoms with Crippen molar-refractivity contribution >= 4 is 49.6 Å². The van der Waals surface area contributed by atoms with E-state index in [0.717, 1.165) is 44.1 Å². The van der Waals surface area contributed by atoms with Gasteiger partial charge in [-0.2, -0.15) is 0 Å². The number of carbonyl (C=O) groups is 1. The maximum absolute atomic E-state index is 13.0. The fourth-order valence-corrected chi connectivity index (χ4v) is 5.26. The molecular weight excluding hydrogens is 466 g/mol. The molecule has 0 atom stereocenters. The van der Waals surface area contributed by atoms with Crippen molar-refractivity contribution in [1.82, 2.24) is 15.2 Å². The van der Waals surface area contributed by atoms with Gasteiger partial charge in [0.1, 0.15) is 20.5 Å². The minimum atomic E-state index is -0.322. The third kappa shape index (κ3) is 4.11. The van der Waals surface area contributed by atoms with Crippen LogP contribution in [0.15, 0.2) is 54.6 Å². The second-order valence-corrected chi connectivity index (χ2v) is 9.94. The molecule has 0 unspecified atom stereocenters. The highest BCUT2D eigenvalue weighted by molar-refractivity contribution is 7.21. The molecule has 0 aliphatic rings. The number of aromatic nitrogens is 3. The molecule has 5 rings (SSSR count). The summed E-state index contributed by atoms with van der Waals surface area (Å²) in [7, 11) is 1.64. The minimum Gasteiger partial charge on any atom is -0.497 e. The number of anilines is 2. The van der Waals surface area contributed by atoms with Gasteiger partial charge in [-0.15, -0.1) is 21.5 Å². The average molecular weight is 488 g/mol. The molecule has 3 aromatic heterocycles. The summed E-state index contributed by atoms with van der Waals surface area (Å²) in [5, 5.41) is 12.7. The van der Waals surface area contributed by atoms with Crippen LogP contribution in [0.3, 0.4) is 0 Å². The molecule has 5 aromatic rings. The number of ether oxygens (including phenoxy) is 1. The summed E-state index contributed by atoms with van der Waals surface area (Å²) in [6.07, 6.45) is 0. The van der Waals surface area contributed by atoms with Gasteiger partial charge in [0.15, 0.2) is 0 Å². The maximum Gasteiger partial charge on any atom is 0.269 e. The predicted octanol–water partition coefficient (Wildman–Crippen LogP) is 5.94. The van der Waals surface area contributed by atoms with E-state index in [9.17, 15) is 4.79 Å². The summed E-state index contributed by atoms with van der Waals surface area (Å²) in [4.78, 5) is 19.0. The van der Waals surface area contributed by atoms with Crippen LogP contribution in [0, 0.1) is 13.8 Å². The van der Waals surface area contributed by atoms with Crippen molar-refractivity contribution in [1.29, 1.82) is 0 Å². The quantitative estimate of drug-likeness (QED) is 0.318. The van der Waals surface area contributed by atoms with E-state index >= 15 is 0 Å². The fourth-order valence-electron chi connectivity index (χ4n) is 3.66. The Morgan fingerprint density at radius 2 is 1.68 bits per heavy atom. The molecule has 0 aliphatic heterocycles. The van der Waals surface area contributed by atoms with Gasteiger partial charge >= 0.3 is 0 Å². The number of nitrogens with two attached hydrogens (primary N) is 1. The number of rotatable bonds is 5. The van der Waals surface area contributed by atoms with Gasteiger partial charge in [0.25, 0.3) is 5.91 Å². The van der Waals surface area contributed by atoms with Gasteiger partial charge < -0.3 is 10.5 Å². The van der Waals surface area contributed by atoms with Crippen LogP contribution in [0.4, 0.5) is 10.8 Å². The summed E-state index contributed by atoms with van der Waals surface area (Å²) in [5.41, 5.74) is 11.8. The second-order valence-electron chi connectivity index (χ2n) is 7.75. The van der Waals surface area contributed by atoms with Crippen LogP contribution >= 0.6 is 22.7 Å². The van der Waals surface area contributed by atoms with E-state index in [1.54, 1.807) is 7.11 Å². The Balaban J connectivity index is 1.67. The molecule has 7 nitrogen and oxygen atoms in total. The summed E-state index contributed by atoms with van der Waals surface area (Å²) in [6, 6.07) is 18.0. The summed E-state index contributed by atoms with van der Waals surface area (Å²) >= 11 is 2.58. The molecule has 0 spiro atoms. The molecule has 2 aromatic carbocycles. The normalized spacial score (nSPS) is 11.0. The Kier molecular flexibility index (Phi) is 5.72. The zero-order chi connectivity index (χ0) is 23.8. The molecule has 0 saturated carbocycles. The SMILES string of the molecule is COc1ccc(-c2cc(-c3ccc(C)cc3)c3c(N)c(C(=O)Nc4nnc(C)s4)sc3n2)cc1. The van der Waals surface area contributed by atoms with Crippen LogP contribution in [0.2, 0.25) is 0 Å². The van der Waals surface area contributed by atoms with Gasteiger partial charge in [-0.1, -0.05) is 41.2 Å². The number of hydrogen-bond donors (Lipinski definition) is 2. The number of amides is 1. The zero-order valence-electron chi connectivity index (χ0n) is 18.7. The van der Waals surface area contributed by atoms with Crippen LogP contribution in [0.5, 0.6) is 5.75 Å². The van der Waals surface area contributed by atoms with Crippen molar-refractivity contribution in [2.75, 3.05) is 18.2 Å². The predicted molar refractivity (Wildman–Crippen MR) is 139 cm³/mol. The molecule has 1 amide bonds. The molecule has 0 radical (unpaired) electrons. The number of benzene rings is 2. The average Bonchev–Trinajstić information content (AvgIpc) is 3.41. The van der Waals surface area contributed by atoms with Crippen LogP contribution in [0.25, 0.3) is 32.6 Å². The van der Waals surface area contributed by atoms with Gasteiger partial charge in [0.05, 0.1) is 18.5 Å². The van der Waals surface area contributed by atoms with E-state index in [2.05, 4.69) is 39.8 Å². The van der Waals surface area contributed by atoms with E-state index in [0.29, 0.717) is 20.5 Å². The molecule has 0 saturated heterocycles. The molecule has 0 aliphatic carbocycles. The Hall–Kier alpha value is -3.82. The number of pyridine rings is 1. The van der Waals surface area contributed by atoms with E-state index in [1.165, 1.54) is 22.7 Å². The Labute approximate surface area is 204 Å². The van der Waals surface area contributed by atoms with E-state index in [4.69, 9.17) is 15.5 Å². The number of nitrogen functional groups attached to an aromatic ring is 1. The smallest absolute Gasteiger partial charge is 0.269 e. The molecule has 34 heavy (non-hydrogen) atoms. The van der Waals surface area contributed by atoms with Crippen molar-refractivity contribution in [3.8, 4) is 28.1 Å². The monoisotopic (exact) mass is 487 g/mol. The molecular formula is C25H21N5O2S2. The largest absolute Gasteiger partial charge is 0.497 e. The van der Waals surface area contributed by atoms with Gasteiger partial charge in [-0.3, -0.25) is 10.1 Å². The van der Waals surface area contributed by atoms with Gasteiger partial charge in [0.2, 0.25) is 5.13 Å². The molecule has 170 valence electrons. The lowest BCUT2D eigenvalue weighted by atomic mass is 9.98. The molecule has 3 heterocycles. The lowest BCUT2D eigenvalue weighted by molar-refractivity contribution is 0.103. The zero-order valence-corrected chi connectivity index (χ0v) is 20.4. The lowest BCUT2D eigenvalue weighted by Crippen LogP contribution is -2.11. The van der Waals surface area contributed by atoms with Gasteiger partial charge in [-0.25, -0.2) is 4.98 Å². The Bertz CT molecular complexity index is 1510. The third-order valence-electron chi connectivity index (χ3n) is 5.40. The maximum atomic E-state index is 13.0. The van der Waals surface area contributed by atoms with Crippen LogP contribution in [-0.2, 0) is 0 Å². The minimum absolute atomic E-state index is 0.322. The van der Waals surface area contributed by atoms with Crippen molar-refractivity contribution in [3.63, 3.8) is 0 Å². The van der Waals surface area contributed by atoms with Crippen molar-refractivity contribution < 1.29 is 9.53 Å². The number of nitrogens with one attached hydrogen (secondary N) is 1. The first-order chi connectivity index (χ1) is 16.4. The number of methoxy groups -OCH3 is 1. The molecule has 9 heteroatoms. The van der Waals surface area contributed by atoms with Crippen molar-refractivity contribution in [2.45, 2.75) is 13.8 Å². The third-order valence-corrected chi connectivity index (χ3v) is 7.25. The van der Waals surface area contributed by atoms with Gasteiger partial charge in [0, 0.05) is 10.9 Å². The number of carbonyl (C=O) groups excluding carboxylic acids is 1. The standard InChI is InChI=1S/C25H21N5O2S2/c1-13-4-6-15(7-5-13)18-12-19(16-8-10-17(32-3)11-9-16)27-24-20(18)21(26)22(34-24)23(31)28-25-30-29-14(2)33-25/h4-12H,26H2,1-3H3,(H,28,30,31). The van der Waals surface area contributed by atoms with E-state index in [1.807, 2.05) is 44.2 Å². The number of aryl methyl sites for hydroxylation is 2. The van der Waals surface area contributed by atoms with Crippen LogP contribution < -0.4 is 15.8 Å². The second kappa shape index (κ2) is 8.85. The van der Waals surface area contributed by atoms with Crippen LogP contribution in [0.1, 0.15) is 20.2 Å². The number of hydrogen-bond acceptors (Lipinski definition) is 8. The summed E-state index contributed by atoms with van der Waals surface area (Å²) < 4.78 is 5.29. The highest BCUT2D eigenvalue weighted by atomic mass is 32.1. The fraction of sp³-hybridized carbons (Fsp3) is 0.120. The topological polar surface area (TPSA) is 103 Å². The van der Waals surface area contributed by atoms with E-state index < -0.39 is 0 Å².